The third-order valence-corrected chi connectivity index (χ3v) is 5.41. The number of carbonyl (C=O) groups excluding carboxylic acids is 1. The quantitative estimate of drug-likeness (QED) is 0.912. The van der Waals surface area contributed by atoms with Crippen LogP contribution in [0.15, 0.2) is 11.4 Å². The van der Waals surface area contributed by atoms with Crippen molar-refractivity contribution in [1.82, 2.24) is 10.2 Å². The highest BCUT2D eigenvalue weighted by Gasteiger charge is 2.27. The van der Waals surface area contributed by atoms with E-state index >= 15 is 0 Å². The molecule has 2 aliphatic rings. The fourth-order valence-electron chi connectivity index (χ4n) is 3.30. The Hall–Kier alpha value is -1.07. The molecule has 1 amide bonds. The molecule has 0 radical (unpaired) electrons. The molecule has 1 saturated heterocycles. The highest BCUT2D eigenvalue weighted by atomic mass is 32.1. The molecule has 1 aromatic rings. The van der Waals surface area contributed by atoms with Crippen LogP contribution in [0.4, 0.5) is 4.79 Å². The Morgan fingerprint density at radius 3 is 2.95 bits per heavy atom. The minimum absolute atomic E-state index is 0.193. The molecule has 1 N–H and O–H groups in total. The van der Waals surface area contributed by atoms with Gasteiger partial charge in [-0.1, -0.05) is 0 Å². The van der Waals surface area contributed by atoms with E-state index in [2.05, 4.69) is 16.8 Å². The Balaban J connectivity index is 1.55. The van der Waals surface area contributed by atoms with E-state index in [9.17, 15) is 4.79 Å². The molecular formula is C15H22N2O2S. The molecule has 3 rings (SSSR count). The summed E-state index contributed by atoms with van der Waals surface area (Å²) in [6, 6.07) is 3.31. The summed E-state index contributed by atoms with van der Waals surface area (Å²) in [5.41, 5.74) is 1.51. The Morgan fingerprint density at radius 1 is 1.40 bits per heavy atom. The molecule has 1 aromatic heterocycles. The number of thiophene rings is 1. The fraction of sp³-hybridized carbons (Fsp3) is 0.667. The lowest BCUT2D eigenvalue weighted by molar-refractivity contribution is 0.108. The van der Waals surface area contributed by atoms with Crippen molar-refractivity contribution in [1.29, 1.82) is 0 Å². The molecule has 4 nitrogen and oxygen atoms in total. The molecule has 0 saturated carbocycles. The van der Waals surface area contributed by atoms with E-state index in [4.69, 9.17) is 4.74 Å². The van der Waals surface area contributed by atoms with E-state index in [1.165, 1.54) is 31.9 Å². The highest BCUT2D eigenvalue weighted by molar-refractivity contribution is 7.10. The van der Waals surface area contributed by atoms with Crippen molar-refractivity contribution in [2.45, 2.75) is 44.2 Å². The van der Waals surface area contributed by atoms with E-state index < -0.39 is 0 Å². The topological polar surface area (TPSA) is 41.6 Å². The maximum absolute atomic E-state index is 11.5. The van der Waals surface area contributed by atoms with Crippen molar-refractivity contribution in [2.75, 3.05) is 20.2 Å². The average molecular weight is 294 g/mol. The van der Waals surface area contributed by atoms with Crippen LogP contribution >= 0.6 is 11.3 Å². The van der Waals surface area contributed by atoms with E-state index in [0.29, 0.717) is 12.1 Å². The molecule has 2 heterocycles. The summed E-state index contributed by atoms with van der Waals surface area (Å²) in [7, 11) is 1.45. The second-order valence-corrected chi connectivity index (χ2v) is 6.64. The molecule has 1 atom stereocenters. The van der Waals surface area contributed by atoms with Crippen molar-refractivity contribution in [3.8, 4) is 0 Å². The van der Waals surface area contributed by atoms with Crippen LogP contribution in [-0.2, 0) is 11.2 Å². The number of hydrogen-bond donors (Lipinski definition) is 1. The van der Waals surface area contributed by atoms with Crippen molar-refractivity contribution in [3.63, 3.8) is 0 Å². The maximum atomic E-state index is 11.5. The zero-order valence-corrected chi connectivity index (χ0v) is 12.7. The average Bonchev–Trinajstić information content (AvgIpc) is 2.97. The first-order chi connectivity index (χ1) is 9.78. The van der Waals surface area contributed by atoms with E-state index in [1.807, 2.05) is 11.3 Å². The van der Waals surface area contributed by atoms with Gasteiger partial charge in [-0.3, -0.25) is 0 Å². The summed E-state index contributed by atoms with van der Waals surface area (Å²) in [4.78, 5) is 14.8. The van der Waals surface area contributed by atoms with Crippen molar-refractivity contribution in [3.05, 3.63) is 21.9 Å². The second-order valence-electron chi connectivity index (χ2n) is 5.64. The summed E-state index contributed by atoms with van der Waals surface area (Å²) >= 11 is 1.89. The second kappa shape index (κ2) is 6.14. The number of ether oxygens (including phenoxy) is 1. The Morgan fingerprint density at radius 2 is 2.20 bits per heavy atom. The van der Waals surface area contributed by atoms with Crippen LogP contribution in [-0.4, -0.2) is 37.2 Å². The summed E-state index contributed by atoms with van der Waals surface area (Å²) in [6.07, 6.45) is 5.61. The molecule has 0 spiro atoms. The maximum Gasteiger partial charge on any atom is 0.409 e. The van der Waals surface area contributed by atoms with Gasteiger partial charge in [-0.15, -0.1) is 11.3 Å². The van der Waals surface area contributed by atoms with Gasteiger partial charge in [-0.2, -0.15) is 0 Å². The lowest BCUT2D eigenvalue weighted by Gasteiger charge is -2.35. The molecular weight excluding hydrogens is 272 g/mol. The first-order valence-electron chi connectivity index (χ1n) is 7.43. The zero-order valence-electron chi connectivity index (χ0n) is 11.9. The number of fused-ring (bicyclic) bond motifs is 1. The Labute approximate surface area is 124 Å². The smallest absolute Gasteiger partial charge is 0.409 e. The van der Waals surface area contributed by atoms with Crippen LogP contribution in [0.3, 0.4) is 0 Å². The molecule has 1 unspecified atom stereocenters. The van der Waals surface area contributed by atoms with Crippen LogP contribution in [0.2, 0.25) is 0 Å². The Bertz CT molecular complexity index is 466. The van der Waals surface area contributed by atoms with Crippen molar-refractivity contribution >= 4 is 17.4 Å². The molecule has 1 aliphatic heterocycles. The van der Waals surface area contributed by atoms with Gasteiger partial charge in [0, 0.05) is 30.1 Å². The summed E-state index contributed by atoms with van der Waals surface area (Å²) < 4.78 is 4.78. The number of carbonyl (C=O) groups is 1. The van der Waals surface area contributed by atoms with Crippen LogP contribution < -0.4 is 5.32 Å². The van der Waals surface area contributed by atoms with E-state index in [1.54, 1.807) is 9.78 Å². The number of amides is 1. The van der Waals surface area contributed by atoms with E-state index in [0.717, 1.165) is 25.9 Å². The summed E-state index contributed by atoms with van der Waals surface area (Å²) in [5, 5.41) is 6.02. The van der Waals surface area contributed by atoms with E-state index in [-0.39, 0.29) is 6.09 Å². The van der Waals surface area contributed by atoms with Gasteiger partial charge in [-0.25, -0.2) is 4.79 Å². The number of nitrogens with zero attached hydrogens (tertiary/aromatic N) is 1. The number of aryl methyl sites for hydroxylation is 1. The van der Waals surface area contributed by atoms with Gasteiger partial charge >= 0.3 is 6.09 Å². The predicted octanol–water partition coefficient (Wildman–Crippen LogP) is 2.95. The summed E-state index contributed by atoms with van der Waals surface area (Å²) in [6.45, 7) is 1.60. The highest BCUT2D eigenvalue weighted by Crippen LogP contribution is 2.34. The van der Waals surface area contributed by atoms with Gasteiger partial charge in [0.1, 0.15) is 0 Å². The number of rotatable bonds is 2. The van der Waals surface area contributed by atoms with Gasteiger partial charge in [0.15, 0.2) is 0 Å². The van der Waals surface area contributed by atoms with Gasteiger partial charge in [0.2, 0.25) is 0 Å². The van der Waals surface area contributed by atoms with Crippen LogP contribution in [0.25, 0.3) is 0 Å². The number of methoxy groups -OCH3 is 1. The standard InChI is InChI=1S/C15H22N2O2S/c1-19-15(18)17-8-5-11(6-9-17)16-13-3-2-4-14-12(13)7-10-20-14/h7,10-11,13,16H,2-6,8-9H2,1H3. The monoisotopic (exact) mass is 294 g/mol. The molecule has 1 aliphatic carbocycles. The number of hydrogen-bond acceptors (Lipinski definition) is 4. The third-order valence-electron chi connectivity index (χ3n) is 4.42. The third kappa shape index (κ3) is 2.83. The Kier molecular flexibility index (Phi) is 4.27. The van der Waals surface area contributed by atoms with Crippen LogP contribution in [0, 0.1) is 0 Å². The predicted molar refractivity (Wildman–Crippen MR) is 80.1 cm³/mol. The zero-order chi connectivity index (χ0) is 13.9. The SMILES string of the molecule is COC(=O)N1CCC(NC2CCCc3sccc32)CC1. The lowest BCUT2D eigenvalue weighted by Crippen LogP contribution is -2.46. The van der Waals surface area contributed by atoms with Crippen LogP contribution in [0.5, 0.6) is 0 Å². The van der Waals surface area contributed by atoms with Gasteiger partial charge in [0.25, 0.3) is 0 Å². The van der Waals surface area contributed by atoms with Crippen LogP contribution in [0.1, 0.15) is 42.2 Å². The summed E-state index contributed by atoms with van der Waals surface area (Å²) in [5.74, 6) is 0. The first kappa shape index (κ1) is 13.9. The minimum atomic E-state index is -0.193. The largest absolute Gasteiger partial charge is 0.453 e. The molecule has 0 bridgehead atoms. The molecule has 1 fully saturated rings. The van der Waals surface area contributed by atoms with Gasteiger partial charge < -0.3 is 15.0 Å². The fourth-order valence-corrected chi connectivity index (χ4v) is 4.29. The first-order valence-corrected chi connectivity index (χ1v) is 8.31. The van der Waals surface area contributed by atoms with Gasteiger partial charge in [-0.05, 0) is 49.1 Å². The van der Waals surface area contributed by atoms with Crippen molar-refractivity contribution in [2.24, 2.45) is 0 Å². The number of likely N-dealkylation sites (tertiary alicyclic amines) is 1. The number of nitrogens with one attached hydrogen (secondary N) is 1. The lowest BCUT2D eigenvalue weighted by atomic mass is 9.92. The van der Waals surface area contributed by atoms with Gasteiger partial charge in [0.05, 0.1) is 7.11 Å². The normalized spacial score (nSPS) is 23.4. The minimum Gasteiger partial charge on any atom is -0.453 e. The number of piperidine rings is 1. The molecule has 20 heavy (non-hydrogen) atoms. The molecule has 0 aromatic carbocycles. The molecule has 110 valence electrons. The molecule has 5 heteroatoms. The van der Waals surface area contributed by atoms with Crippen molar-refractivity contribution < 1.29 is 9.53 Å².